The van der Waals surface area contributed by atoms with Crippen LogP contribution in [0.25, 0.3) is 20.2 Å². The number of hydrogen-bond donors (Lipinski definition) is 0. The molecule has 2 nitrogen and oxygen atoms in total. The van der Waals surface area contributed by atoms with E-state index in [1.807, 2.05) is 66.7 Å². The average molecular weight is 358 g/mol. The monoisotopic (exact) mass is 358 g/mol. The highest BCUT2D eigenvalue weighted by Gasteiger charge is 2.18. The summed E-state index contributed by atoms with van der Waals surface area (Å²) in [6.07, 6.45) is 1.79. The number of aryl methyl sites for hydroxylation is 1. The van der Waals surface area contributed by atoms with E-state index in [0.29, 0.717) is 16.5 Å². The van der Waals surface area contributed by atoms with E-state index >= 15 is 0 Å². The molecule has 0 aliphatic heterocycles. The first-order chi connectivity index (χ1) is 12.7. The standard InChI is InChI=1S/C23H18O2S/c1-2-8-15-13-14-18(21(24)16-9-4-3-5-10-16)23-20(15)22(25)17-11-6-7-12-19(17)26-23/h3-7,9-14H,2,8H2,1H3. The number of benzene rings is 3. The first kappa shape index (κ1) is 16.7. The lowest BCUT2D eigenvalue weighted by Gasteiger charge is -2.11. The van der Waals surface area contributed by atoms with E-state index in [4.69, 9.17) is 0 Å². The number of ketones is 1. The molecule has 1 aromatic heterocycles. The van der Waals surface area contributed by atoms with E-state index in [2.05, 4.69) is 6.92 Å². The van der Waals surface area contributed by atoms with E-state index in [9.17, 15) is 9.59 Å². The first-order valence-electron chi connectivity index (χ1n) is 8.78. The minimum Gasteiger partial charge on any atom is -0.289 e. The van der Waals surface area contributed by atoms with Gasteiger partial charge in [0.1, 0.15) is 0 Å². The molecule has 0 aliphatic rings. The summed E-state index contributed by atoms with van der Waals surface area (Å²) in [5.74, 6) is -0.0374. The molecule has 4 aromatic rings. The Balaban J connectivity index is 2.08. The Kier molecular flexibility index (Phi) is 4.39. The minimum atomic E-state index is -0.0374. The largest absolute Gasteiger partial charge is 0.289 e. The molecule has 3 heteroatoms. The fourth-order valence-electron chi connectivity index (χ4n) is 3.37. The Labute approximate surface area is 155 Å². The summed E-state index contributed by atoms with van der Waals surface area (Å²) in [5.41, 5.74) is 2.31. The Hall–Kier alpha value is -2.78. The number of carbonyl (C=O) groups excluding carboxylic acids is 1. The van der Waals surface area contributed by atoms with Crippen molar-refractivity contribution < 1.29 is 4.79 Å². The molecule has 0 bridgehead atoms. The van der Waals surface area contributed by atoms with Crippen molar-refractivity contribution in [2.75, 3.05) is 0 Å². The van der Waals surface area contributed by atoms with E-state index in [1.54, 1.807) is 0 Å². The summed E-state index contributed by atoms with van der Waals surface area (Å²) in [7, 11) is 0. The third kappa shape index (κ3) is 2.74. The van der Waals surface area contributed by atoms with Crippen LogP contribution in [0.5, 0.6) is 0 Å². The van der Waals surface area contributed by atoms with Crippen molar-refractivity contribution in [2.45, 2.75) is 19.8 Å². The number of hydrogen-bond acceptors (Lipinski definition) is 3. The van der Waals surface area contributed by atoms with Gasteiger partial charge in [0.05, 0.1) is 4.70 Å². The number of fused-ring (bicyclic) bond motifs is 2. The summed E-state index contributed by atoms with van der Waals surface area (Å²) in [4.78, 5) is 26.3. The number of rotatable bonds is 4. The van der Waals surface area contributed by atoms with Gasteiger partial charge in [0.2, 0.25) is 0 Å². The van der Waals surface area contributed by atoms with Gasteiger partial charge in [-0.2, -0.15) is 0 Å². The zero-order valence-corrected chi connectivity index (χ0v) is 15.3. The highest BCUT2D eigenvalue weighted by molar-refractivity contribution is 7.25. The topological polar surface area (TPSA) is 34.1 Å². The lowest BCUT2D eigenvalue weighted by atomic mass is 9.97. The summed E-state index contributed by atoms with van der Waals surface area (Å²) in [6, 6.07) is 20.7. The van der Waals surface area contributed by atoms with Crippen LogP contribution in [0, 0.1) is 0 Å². The summed E-state index contributed by atoms with van der Waals surface area (Å²) in [6.45, 7) is 2.10. The Morgan fingerprint density at radius 3 is 2.42 bits per heavy atom. The van der Waals surface area contributed by atoms with Crippen LogP contribution in [-0.2, 0) is 6.42 Å². The van der Waals surface area contributed by atoms with Gasteiger partial charge in [0.25, 0.3) is 0 Å². The second-order valence-electron chi connectivity index (χ2n) is 6.35. The summed E-state index contributed by atoms with van der Waals surface area (Å²) in [5, 5.41) is 1.43. The molecule has 0 aliphatic carbocycles. The van der Waals surface area contributed by atoms with Gasteiger partial charge in [-0.05, 0) is 30.2 Å². The lowest BCUT2D eigenvalue weighted by molar-refractivity contribution is 0.104. The molecule has 0 spiro atoms. The van der Waals surface area contributed by atoms with Crippen molar-refractivity contribution >= 4 is 37.3 Å². The van der Waals surface area contributed by atoms with E-state index in [1.165, 1.54) is 11.3 Å². The van der Waals surface area contributed by atoms with Crippen LogP contribution in [0.2, 0.25) is 0 Å². The maximum atomic E-state index is 13.2. The Bertz CT molecular complexity index is 1170. The molecule has 128 valence electrons. The number of carbonyl (C=O) groups is 1. The normalized spacial score (nSPS) is 11.1. The van der Waals surface area contributed by atoms with Crippen LogP contribution in [0.15, 0.2) is 71.5 Å². The van der Waals surface area contributed by atoms with Gasteiger partial charge < -0.3 is 0 Å². The zero-order valence-electron chi connectivity index (χ0n) is 14.5. The van der Waals surface area contributed by atoms with Crippen LogP contribution >= 0.6 is 11.3 Å². The van der Waals surface area contributed by atoms with E-state index in [-0.39, 0.29) is 11.2 Å². The van der Waals surface area contributed by atoms with Gasteiger partial charge in [0.15, 0.2) is 11.2 Å². The maximum Gasteiger partial charge on any atom is 0.196 e. The molecule has 4 rings (SSSR count). The molecular weight excluding hydrogens is 340 g/mol. The van der Waals surface area contributed by atoms with Gasteiger partial charge >= 0.3 is 0 Å². The van der Waals surface area contributed by atoms with Gasteiger partial charge in [-0.25, -0.2) is 0 Å². The smallest absolute Gasteiger partial charge is 0.196 e. The summed E-state index contributed by atoms with van der Waals surface area (Å²) < 4.78 is 1.72. The SMILES string of the molecule is CCCc1ccc(C(=O)c2ccccc2)c2sc3ccccc3c(=O)c12. The van der Waals surface area contributed by atoms with Gasteiger partial charge in [-0.1, -0.05) is 61.9 Å². The predicted octanol–water partition coefficient (Wildman–Crippen LogP) is 5.60. The molecule has 0 fully saturated rings. The van der Waals surface area contributed by atoms with E-state index in [0.717, 1.165) is 33.2 Å². The summed E-state index contributed by atoms with van der Waals surface area (Å²) >= 11 is 1.53. The highest BCUT2D eigenvalue weighted by atomic mass is 32.1. The minimum absolute atomic E-state index is 0.0283. The second-order valence-corrected chi connectivity index (χ2v) is 7.40. The van der Waals surface area contributed by atoms with Crippen LogP contribution in [0.4, 0.5) is 0 Å². The molecule has 0 atom stereocenters. The van der Waals surface area contributed by atoms with Crippen LogP contribution < -0.4 is 5.43 Å². The predicted molar refractivity (Wildman–Crippen MR) is 109 cm³/mol. The molecular formula is C23H18O2S. The van der Waals surface area contributed by atoms with Gasteiger partial charge in [0, 0.05) is 26.6 Å². The quantitative estimate of drug-likeness (QED) is 0.351. The van der Waals surface area contributed by atoms with Crippen molar-refractivity contribution in [1.29, 1.82) is 0 Å². The molecule has 0 saturated heterocycles. The van der Waals surface area contributed by atoms with Crippen molar-refractivity contribution in [3.05, 3.63) is 93.6 Å². The van der Waals surface area contributed by atoms with Crippen LogP contribution in [0.3, 0.4) is 0 Å². The molecule has 0 saturated carbocycles. The fraction of sp³-hybridized carbons (Fsp3) is 0.130. The second kappa shape index (κ2) is 6.85. The van der Waals surface area contributed by atoms with E-state index < -0.39 is 0 Å². The Morgan fingerprint density at radius 2 is 1.65 bits per heavy atom. The molecule has 3 aromatic carbocycles. The van der Waals surface area contributed by atoms with Crippen molar-refractivity contribution in [2.24, 2.45) is 0 Å². The Morgan fingerprint density at radius 1 is 0.923 bits per heavy atom. The highest BCUT2D eigenvalue weighted by Crippen LogP contribution is 2.31. The molecule has 0 unspecified atom stereocenters. The van der Waals surface area contributed by atoms with Crippen LogP contribution in [-0.4, -0.2) is 5.78 Å². The molecule has 1 heterocycles. The molecule has 0 amide bonds. The third-order valence-electron chi connectivity index (χ3n) is 4.61. The zero-order chi connectivity index (χ0) is 18.1. The van der Waals surface area contributed by atoms with Crippen LogP contribution in [0.1, 0.15) is 34.8 Å². The van der Waals surface area contributed by atoms with Gasteiger partial charge in [-0.3, -0.25) is 9.59 Å². The van der Waals surface area contributed by atoms with Gasteiger partial charge in [-0.15, -0.1) is 11.3 Å². The fourth-order valence-corrected chi connectivity index (χ4v) is 4.60. The average Bonchev–Trinajstić information content (AvgIpc) is 2.68. The third-order valence-corrected chi connectivity index (χ3v) is 5.82. The molecule has 0 N–H and O–H groups in total. The lowest BCUT2D eigenvalue weighted by Crippen LogP contribution is -2.09. The molecule has 26 heavy (non-hydrogen) atoms. The maximum absolute atomic E-state index is 13.2. The van der Waals surface area contributed by atoms with Crippen molar-refractivity contribution in [1.82, 2.24) is 0 Å². The first-order valence-corrected chi connectivity index (χ1v) is 9.59. The van der Waals surface area contributed by atoms with Crippen molar-refractivity contribution in [3.8, 4) is 0 Å². The molecule has 0 radical (unpaired) electrons. The van der Waals surface area contributed by atoms with Crippen molar-refractivity contribution in [3.63, 3.8) is 0 Å².